The minimum atomic E-state index is 0.894. The summed E-state index contributed by atoms with van der Waals surface area (Å²) in [5.74, 6) is 0. The van der Waals surface area contributed by atoms with Crippen molar-refractivity contribution in [1.82, 2.24) is 9.55 Å². The fraction of sp³-hybridized carbons (Fsp3) is 0. The van der Waals surface area contributed by atoms with Crippen molar-refractivity contribution in [2.45, 2.75) is 0 Å². The van der Waals surface area contributed by atoms with Crippen LogP contribution in [0.25, 0.3) is 49.7 Å². The maximum absolute atomic E-state index is 5.66. The standard InChI is InChI=1S/C25H16N2O/c1-2-6-17(7-3-1)22-11-10-19(16-26-22)27-23-9-5-4-8-20(23)21-14-18-12-13-28-25(18)15-24(21)27/h1-16H. The van der Waals surface area contributed by atoms with Gasteiger partial charge in [0.05, 0.1) is 34.9 Å². The van der Waals surface area contributed by atoms with E-state index in [0.29, 0.717) is 0 Å². The molecule has 3 heterocycles. The molecule has 6 aromatic rings. The Morgan fingerprint density at radius 3 is 2.43 bits per heavy atom. The van der Waals surface area contributed by atoms with Gasteiger partial charge in [-0.25, -0.2) is 0 Å². The zero-order valence-corrected chi connectivity index (χ0v) is 15.0. The Balaban J connectivity index is 1.62. The van der Waals surface area contributed by atoms with Crippen molar-refractivity contribution in [3.05, 3.63) is 97.4 Å². The lowest BCUT2D eigenvalue weighted by atomic mass is 10.1. The van der Waals surface area contributed by atoms with Gasteiger partial charge < -0.3 is 8.98 Å². The smallest absolute Gasteiger partial charge is 0.135 e. The number of fused-ring (bicyclic) bond motifs is 4. The topological polar surface area (TPSA) is 31.0 Å². The van der Waals surface area contributed by atoms with E-state index in [1.807, 2.05) is 30.5 Å². The Kier molecular flexibility index (Phi) is 3.17. The molecule has 6 rings (SSSR count). The summed E-state index contributed by atoms with van der Waals surface area (Å²) >= 11 is 0. The Bertz CT molecular complexity index is 1440. The minimum Gasteiger partial charge on any atom is -0.464 e. The molecule has 3 nitrogen and oxygen atoms in total. The molecule has 0 spiro atoms. The van der Waals surface area contributed by atoms with Crippen LogP contribution >= 0.6 is 0 Å². The number of aromatic nitrogens is 2. The predicted octanol–water partition coefficient (Wildman–Crippen LogP) is 6.59. The molecule has 28 heavy (non-hydrogen) atoms. The summed E-state index contributed by atoms with van der Waals surface area (Å²) in [5, 5.41) is 3.57. The molecule has 0 aliphatic rings. The predicted molar refractivity (Wildman–Crippen MR) is 114 cm³/mol. The first kappa shape index (κ1) is 15.2. The second-order valence-corrected chi connectivity index (χ2v) is 6.95. The van der Waals surface area contributed by atoms with Crippen LogP contribution in [0, 0.1) is 0 Å². The highest BCUT2D eigenvalue weighted by Crippen LogP contribution is 2.35. The first-order valence-electron chi connectivity index (χ1n) is 9.31. The summed E-state index contributed by atoms with van der Waals surface area (Å²) < 4.78 is 7.92. The first-order valence-corrected chi connectivity index (χ1v) is 9.31. The third-order valence-corrected chi connectivity index (χ3v) is 5.32. The molecule has 0 amide bonds. The molecule has 0 fully saturated rings. The molecule has 0 radical (unpaired) electrons. The monoisotopic (exact) mass is 360 g/mol. The summed E-state index contributed by atoms with van der Waals surface area (Å²) in [6.45, 7) is 0. The van der Waals surface area contributed by atoms with Crippen LogP contribution in [-0.2, 0) is 0 Å². The molecular formula is C25H16N2O. The quantitative estimate of drug-likeness (QED) is 0.349. The largest absolute Gasteiger partial charge is 0.464 e. The zero-order chi connectivity index (χ0) is 18.5. The summed E-state index contributed by atoms with van der Waals surface area (Å²) in [6, 6.07) is 29.3. The van der Waals surface area contributed by atoms with Gasteiger partial charge in [0.2, 0.25) is 0 Å². The van der Waals surface area contributed by atoms with Crippen LogP contribution in [0.4, 0.5) is 0 Å². The number of benzene rings is 3. The average Bonchev–Trinajstić information content (AvgIpc) is 3.35. The second kappa shape index (κ2) is 5.83. The van der Waals surface area contributed by atoms with Crippen LogP contribution < -0.4 is 0 Å². The SMILES string of the molecule is c1ccc(-c2ccc(-n3c4ccccc4c4cc5ccoc5cc43)cn2)cc1. The molecule has 0 atom stereocenters. The summed E-state index contributed by atoms with van der Waals surface area (Å²) in [4.78, 5) is 4.73. The highest BCUT2D eigenvalue weighted by atomic mass is 16.3. The van der Waals surface area contributed by atoms with Gasteiger partial charge in [-0.3, -0.25) is 4.98 Å². The van der Waals surface area contributed by atoms with Crippen molar-refractivity contribution in [1.29, 1.82) is 0 Å². The number of pyridine rings is 1. The lowest BCUT2D eigenvalue weighted by Crippen LogP contribution is -1.95. The van der Waals surface area contributed by atoms with Gasteiger partial charge in [0.1, 0.15) is 5.58 Å². The Labute approximate surface area is 161 Å². The molecule has 0 saturated heterocycles. The highest BCUT2D eigenvalue weighted by Gasteiger charge is 2.14. The van der Waals surface area contributed by atoms with Crippen LogP contribution in [0.5, 0.6) is 0 Å². The van der Waals surface area contributed by atoms with E-state index in [1.165, 1.54) is 16.3 Å². The van der Waals surface area contributed by atoms with E-state index in [4.69, 9.17) is 9.40 Å². The van der Waals surface area contributed by atoms with Crippen LogP contribution in [0.15, 0.2) is 102 Å². The molecule has 0 saturated carbocycles. The minimum absolute atomic E-state index is 0.894. The third kappa shape index (κ3) is 2.20. The van der Waals surface area contributed by atoms with E-state index in [2.05, 4.69) is 65.2 Å². The summed E-state index contributed by atoms with van der Waals surface area (Å²) in [5.41, 5.74) is 6.31. The molecule has 0 aliphatic heterocycles. The van der Waals surface area contributed by atoms with Gasteiger partial charge in [-0.15, -0.1) is 0 Å². The van der Waals surface area contributed by atoms with Crippen molar-refractivity contribution in [2.24, 2.45) is 0 Å². The van der Waals surface area contributed by atoms with Crippen LogP contribution in [-0.4, -0.2) is 9.55 Å². The van der Waals surface area contributed by atoms with Crippen molar-refractivity contribution in [3.8, 4) is 16.9 Å². The van der Waals surface area contributed by atoms with E-state index < -0.39 is 0 Å². The molecule has 3 heteroatoms. The Morgan fingerprint density at radius 2 is 1.57 bits per heavy atom. The third-order valence-electron chi connectivity index (χ3n) is 5.32. The van der Waals surface area contributed by atoms with Gasteiger partial charge >= 0.3 is 0 Å². The van der Waals surface area contributed by atoms with Gasteiger partial charge in [0, 0.05) is 27.8 Å². The van der Waals surface area contributed by atoms with Crippen molar-refractivity contribution in [3.63, 3.8) is 0 Å². The Morgan fingerprint density at radius 1 is 0.714 bits per heavy atom. The number of furan rings is 1. The van der Waals surface area contributed by atoms with Crippen molar-refractivity contribution < 1.29 is 4.42 Å². The van der Waals surface area contributed by atoms with Gasteiger partial charge in [-0.2, -0.15) is 0 Å². The highest BCUT2D eigenvalue weighted by molar-refractivity contribution is 6.12. The lowest BCUT2D eigenvalue weighted by Gasteiger charge is -2.08. The maximum Gasteiger partial charge on any atom is 0.135 e. The number of hydrogen-bond acceptors (Lipinski definition) is 2. The molecule has 0 aliphatic carbocycles. The number of rotatable bonds is 2. The van der Waals surface area contributed by atoms with Crippen LogP contribution in [0.3, 0.4) is 0 Å². The van der Waals surface area contributed by atoms with Gasteiger partial charge in [0.15, 0.2) is 0 Å². The fourth-order valence-electron chi connectivity index (χ4n) is 4.00. The Hall–Kier alpha value is -3.85. The van der Waals surface area contributed by atoms with E-state index in [0.717, 1.165) is 33.4 Å². The maximum atomic E-state index is 5.66. The molecule has 0 bridgehead atoms. The molecule has 132 valence electrons. The molecule has 0 N–H and O–H groups in total. The molecule has 0 unspecified atom stereocenters. The van der Waals surface area contributed by atoms with Gasteiger partial charge in [-0.05, 0) is 30.3 Å². The first-order chi connectivity index (χ1) is 13.9. The van der Waals surface area contributed by atoms with Crippen molar-refractivity contribution >= 4 is 32.8 Å². The number of nitrogens with zero attached hydrogens (tertiary/aromatic N) is 2. The van der Waals surface area contributed by atoms with E-state index in [1.54, 1.807) is 6.26 Å². The molecule has 3 aromatic carbocycles. The summed E-state index contributed by atoms with van der Waals surface area (Å²) in [7, 11) is 0. The van der Waals surface area contributed by atoms with Crippen LogP contribution in [0.1, 0.15) is 0 Å². The lowest BCUT2D eigenvalue weighted by molar-refractivity contribution is 0.616. The normalized spacial score (nSPS) is 11.6. The second-order valence-electron chi connectivity index (χ2n) is 6.95. The number of para-hydroxylation sites is 1. The molecule has 3 aromatic heterocycles. The average molecular weight is 360 g/mol. The van der Waals surface area contributed by atoms with Crippen LogP contribution in [0.2, 0.25) is 0 Å². The summed E-state index contributed by atoms with van der Waals surface area (Å²) in [6.07, 6.45) is 3.69. The van der Waals surface area contributed by atoms with E-state index >= 15 is 0 Å². The van der Waals surface area contributed by atoms with Gasteiger partial charge in [0.25, 0.3) is 0 Å². The number of hydrogen-bond donors (Lipinski definition) is 0. The molecular weight excluding hydrogens is 344 g/mol. The van der Waals surface area contributed by atoms with Crippen molar-refractivity contribution in [2.75, 3.05) is 0 Å². The van der Waals surface area contributed by atoms with E-state index in [9.17, 15) is 0 Å². The fourth-order valence-corrected chi connectivity index (χ4v) is 4.00. The van der Waals surface area contributed by atoms with Gasteiger partial charge in [-0.1, -0.05) is 48.5 Å². The van der Waals surface area contributed by atoms with E-state index in [-0.39, 0.29) is 0 Å². The zero-order valence-electron chi connectivity index (χ0n) is 15.0.